The second-order valence-corrected chi connectivity index (χ2v) is 11.2. The molecule has 0 aliphatic carbocycles. The van der Waals surface area contributed by atoms with Gasteiger partial charge >= 0.3 is 0 Å². The minimum atomic E-state index is -1.81. The van der Waals surface area contributed by atoms with Crippen LogP contribution >= 0.6 is 0 Å². The molecule has 0 bridgehead atoms. The van der Waals surface area contributed by atoms with E-state index in [0.29, 0.717) is 30.3 Å². The van der Waals surface area contributed by atoms with Crippen molar-refractivity contribution in [1.82, 2.24) is 15.5 Å². The number of amides is 3. The molecule has 0 heterocycles. The second kappa shape index (κ2) is 17.1. The van der Waals surface area contributed by atoms with Gasteiger partial charge in [-0.25, -0.2) is 8.78 Å². The van der Waals surface area contributed by atoms with Gasteiger partial charge in [0.1, 0.15) is 23.8 Å². The highest BCUT2D eigenvalue weighted by atomic mass is 19.1. The number of aliphatic hydroxyl groups excluding tert-OH is 2. The number of aryl methyl sites for hydroxylation is 1. The summed E-state index contributed by atoms with van der Waals surface area (Å²) in [6.45, 7) is 6.74. The number of hydrogen-bond donors (Lipinski definition) is 4. The van der Waals surface area contributed by atoms with Gasteiger partial charge in [-0.3, -0.25) is 14.4 Å². The number of nitriles is 1. The van der Waals surface area contributed by atoms with Crippen LogP contribution in [0, 0.1) is 29.9 Å². The highest BCUT2D eigenvalue weighted by Crippen LogP contribution is 2.18. The van der Waals surface area contributed by atoms with Crippen LogP contribution in [0.3, 0.4) is 0 Å². The lowest BCUT2D eigenvalue weighted by Crippen LogP contribution is -2.56. The SMILES string of the molecule is CCCN(CCC)C(=O)c1cc(C)cc(C(=O)N[C@@H](Cc2cc(F)cc(F)c2)[C@@H](O)[C@H](O)[C@@H](CC#N)NC(=O)c2ccccc2)c1. The zero-order valence-corrected chi connectivity index (χ0v) is 26.2. The molecule has 46 heavy (non-hydrogen) atoms. The van der Waals surface area contributed by atoms with Gasteiger partial charge < -0.3 is 25.7 Å². The third kappa shape index (κ3) is 9.92. The Kier molecular flexibility index (Phi) is 13.4. The molecule has 11 heteroatoms. The lowest BCUT2D eigenvalue weighted by atomic mass is 9.92. The molecule has 3 amide bonds. The van der Waals surface area contributed by atoms with E-state index >= 15 is 0 Å². The molecule has 0 fully saturated rings. The van der Waals surface area contributed by atoms with Gasteiger partial charge in [-0.05, 0) is 79.8 Å². The Bertz CT molecular complexity index is 1520. The van der Waals surface area contributed by atoms with Crippen LogP contribution in [-0.4, -0.2) is 70.2 Å². The number of nitrogens with zero attached hydrogens (tertiary/aromatic N) is 2. The standard InChI is InChI=1S/C35H40F2N4O5/c1-4-13-41(14-5-2)35(46)26-16-22(3)15-25(20-26)34(45)40-30(19-23-17-27(36)21-28(37)18-23)32(43)31(42)29(11-12-38)39-33(44)24-9-7-6-8-10-24/h6-10,15-18,20-21,29-32,42-43H,4-5,11,13-14,19H2,1-3H3,(H,39,44)(H,40,45)/t29-,30+,31-,32-/m1/s1. The largest absolute Gasteiger partial charge is 0.388 e. The number of nitrogens with one attached hydrogen (secondary N) is 2. The van der Waals surface area contributed by atoms with Gasteiger partial charge in [-0.1, -0.05) is 32.0 Å². The molecular weight excluding hydrogens is 594 g/mol. The molecule has 0 aliphatic rings. The first-order valence-electron chi connectivity index (χ1n) is 15.2. The van der Waals surface area contributed by atoms with E-state index in [2.05, 4.69) is 10.6 Å². The molecule has 0 saturated heterocycles. The minimum absolute atomic E-state index is 0.0779. The Labute approximate surface area is 267 Å². The minimum Gasteiger partial charge on any atom is -0.388 e. The molecular formula is C35H40F2N4O5. The van der Waals surface area contributed by atoms with Crippen molar-refractivity contribution in [3.8, 4) is 6.07 Å². The first-order chi connectivity index (χ1) is 22.0. The maximum Gasteiger partial charge on any atom is 0.253 e. The van der Waals surface area contributed by atoms with E-state index in [4.69, 9.17) is 0 Å². The van der Waals surface area contributed by atoms with Crippen LogP contribution in [0.15, 0.2) is 66.7 Å². The number of rotatable bonds is 15. The molecule has 4 N–H and O–H groups in total. The molecule has 9 nitrogen and oxygen atoms in total. The van der Waals surface area contributed by atoms with Crippen molar-refractivity contribution in [2.75, 3.05) is 13.1 Å². The zero-order valence-electron chi connectivity index (χ0n) is 26.2. The maximum atomic E-state index is 14.1. The molecule has 3 aromatic rings. The maximum absolute atomic E-state index is 14.1. The van der Waals surface area contributed by atoms with Gasteiger partial charge in [0.15, 0.2) is 0 Å². The van der Waals surface area contributed by atoms with Gasteiger partial charge in [0.05, 0.1) is 24.6 Å². The van der Waals surface area contributed by atoms with Crippen LogP contribution in [0.5, 0.6) is 0 Å². The van der Waals surface area contributed by atoms with Crippen molar-refractivity contribution >= 4 is 17.7 Å². The monoisotopic (exact) mass is 634 g/mol. The van der Waals surface area contributed by atoms with Gasteiger partial charge in [0.2, 0.25) is 0 Å². The summed E-state index contributed by atoms with van der Waals surface area (Å²) in [5.41, 5.74) is 1.36. The summed E-state index contributed by atoms with van der Waals surface area (Å²) in [6.07, 6.45) is -2.77. The average Bonchev–Trinajstić information content (AvgIpc) is 3.02. The van der Waals surface area contributed by atoms with Crippen molar-refractivity contribution in [3.05, 3.63) is 106 Å². The van der Waals surface area contributed by atoms with E-state index in [0.717, 1.165) is 25.0 Å². The van der Waals surface area contributed by atoms with E-state index in [1.165, 1.54) is 18.2 Å². The third-order valence-corrected chi connectivity index (χ3v) is 7.39. The fourth-order valence-corrected chi connectivity index (χ4v) is 5.24. The van der Waals surface area contributed by atoms with Gasteiger partial charge in [-0.15, -0.1) is 0 Å². The second-order valence-electron chi connectivity index (χ2n) is 11.2. The van der Waals surface area contributed by atoms with Gasteiger partial charge in [0, 0.05) is 35.8 Å². The summed E-state index contributed by atoms with van der Waals surface area (Å²) in [5, 5.41) is 37.2. The van der Waals surface area contributed by atoms with Crippen LogP contribution in [0.4, 0.5) is 8.78 Å². The summed E-state index contributed by atoms with van der Waals surface area (Å²) in [5.74, 6) is -3.31. The Hall–Kier alpha value is -4.66. The Balaban J connectivity index is 1.93. The molecule has 244 valence electrons. The Morgan fingerprint density at radius 3 is 1.93 bits per heavy atom. The van der Waals surface area contributed by atoms with Crippen LogP contribution in [0.25, 0.3) is 0 Å². The normalized spacial score (nSPS) is 13.5. The van der Waals surface area contributed by atoms with E-state index in [9.17, 15) is 38.6 Å². The fourth-order valence-electron chi connectivity index (χ4n) is 5.24. The first kappa shape index (κ1) is 35.8. The molecule has 0 unspecified atom stereocenters. The van der Waals surface area contributed by atoms with Crippen molar-refractivity contribution < 1.29 is 33.4 Å². The van der Waals surface area contributed by atoms with Crippen molar-refractivity contribution in [1.29, 1.82) is 5.26 Å². The lowest BCUT2D eigenvalue weighted by molar-refractivity contribution is -0.0212. The molecule has 0 saturated carbocycles. The number of aliphatic hydroxyl groups is 2. The van der Waals surface area contributed by atoms with Crippen LogP contribution in [0.2, 0.25) is 0 Å². The number of hydrogen-bond acceptors (Lipinski definition) is 6. The predicted molar refractivity (Wildman–Crippen MR) is 169 cm³/mol. The van der Waals surface area contributed by atoms with Crippen molar-refractivity contribution in [2.45, 2.75) is 70.7 Å². The summed E-state index contributed by atoms with van der Waals surface area (Å²) in [7, 11) is 0. The molecule has 0 aromatic heterocycles. The van der Waals surface area contributed by atoms with E-state index in [1.807, 2.05) is 19.9 Å². The zero-order chi connectivity index (χ0) is 33.8. The van der Waals surface area contributed by atoms with Crippen LogP contribution < -0.4 is 10.6 Å². The molecule has 4 atom stereocenters. The Morgan fingerprint density at radius 2 is 1.35 bits per heavy atom. The Morgan fingerprint density at radius 1 is 0.804 bits per heavy atom. The lowest BCUT2D eigenvalue weighted by Gasteiger charge is -2.32. The molecule has 0 aliphatic heterocycles. The summed E-state index contributed by atoms with van der Waals surface area (Å²) >= 11 is 0. The van der Waals surface area contributed by atoms with Crippen molar-refractivity contribution in [2.24, 2.45) is 0 Å². The number of carbonyl (C=O) groups is 3. The van der Waals surface area contributed by atoms with E-state index < -0.39 is 47.7 Å². The number of benzene rings is 3. The average molecular weight is 635 g/mol. The summed E-state index contributed by atoms with van der Waals surface area (Å²) in [4.78, 5) is 41.4. The molecule has 0 radical (unpaired) electrons. The van der Waals surface area contributed by atoms with E-state index in [-0.39, 0.29) is 35.4 Å². The topological polar surface area (TPSA) is 143 Å². The van der Waals surface area contributed by atoms with Crippen LogP contribution in [0.1, 0.15) is 75.3 Å². The third-order valence-electron chi connectivity index (χ3n) is 7.39. The van der Waals surface area contributed by atoms with Crippen LogP contribution in [-0.2, 0) is 6.42 Å². The molecule has 3 rings (SSSR count). The smallest absolute Gasteiger partial charge is 0.253 e. The quantitative estimate of drug-likeness (QED) is 0.196. The highest BCUT2D eigenvalue weighted by molar-refractivity contribution is 6.00. The van der Waals surface area contributed by atoms with E-state index in [1.54, 1.807) is 42.2 Å². The summed E-state index contributed by atoms with van der Waals surface area (Å²) < 4.78 is 28.2. The predicted octanol–water partition coefficient (Wildman–Crippen LogP) is 4.31. The molecule has 0 spiro atoms. The first-order valence-corrected chi connectivity index (χ1v) is 15.2. The highest BCUT2D eigenvalue weighted by Gasteiger charge is 2.35. The number of halogens is 2. The summed E-state index contributed by atoms with van der Waals surface area (Å²) in [6, 6.07) is 14.7. The molecule has 3 aromatic carbocycles. The number of carbonyl (C=O) groups excluding carboxylic acids is 3. The fraction of sp³-hybridized carbons (Fsp3) is 0.371. The van der Waals surface area contributed by atoms with Gasteiger partial charge in [-0.2, -0.15) is 5.26 Å². The van der Waals surface area contributed by atoms with Crippen molar-refractivity contribution in [3.63, 3.8) is 0 Å². The van der Waals surface area contributed by atoms with Gasteiger partial charge in [0.25, 0.3) is 17.7 Å².